The molecule has 11 rings (SSSR count). The average Bonchev–Trinajstić information content (AvgIpc) is 3.83. The number of thiophene rings is 1. The predicted octanol–water partition coefficient (Wildman–Crippen LogP) is 12.0. The number of aromatic nitrogens is 5. The van der Waals surface area contributed by atoms with Crippen LogP contribution in [0, 0.1) is 0 Å². The summed E-state index contributed by atoms with van der Waals surface area (Å²) in [4.78, 5) is 20.4. The molecular weight excluding hydrogens is 667 g/mol. The van der Waals surface area contributed by atoms with Crippen LogP contribution in [-0.4, -0.2) is 24.5 Å². The fourth-order valence-electron chi connectivity index (χ4n) is 8.51. The summed E-state index contributed by atoms with van der Waals surface area (Å²) < 4.78 is 4.71. The molecule has 6 aromatic carbocycles. The lowest BCUT2D eigenvalue weighted by atomic mass is 9.80. The second-order valence-corrected chi connectivity index (χ2v) is 15.3. The monoisotopic (exact) mass is 697 g/mol. The van der Waals surface area contributed by atoms with Crippen LogP contribution in [0.2, 0.25) is 0 Å². The molecule has 6 heteroatoms. The van der Waals surface area contributed by atoms with E-state index < -0.39 is 0 Å². The number of para-hydroxylation sites is 1. The van der Waals surface area contributed by atoms with Crippen molar-refractivity contribution in [3.05, 3.63) is 163 Å². The summed E-state index contributed by atoms with van der Waals surface area (Å²) in [7, 11) is 0. The van der Waals surface area contributed by atoms with E-state index in [1.165, 1.54) is 47.8 Å². The first-order valence-electron chi connectivity index (χ1n) is 17.9. The van der Waals surface area contributed by atoms with Gasteiger partial charge >= 0.3 is 0 Å². The second-order valence-electron chi connectivity index (χ2n) is 14.3. The molecule has 250 valence electrons. The van der Waals surface area contributed by atoms with Gasteiger partial charge in [-0.15, -0.1) is 11.3 Å². The summed E-state index contributed by atoms with van der Waals surface area (Å²) >= 11 is 1.80. The zero-order valence-electron chi connectivity index (χ0n) is 29.1. The number of hydrogen-bond donors (Lipinski definition) is 0. The van der Waals surface area contributed by atoms with Gasteiger partial charge in [0.15, 0.2) is 17.5 Å². The van der Waals surface area contributed by atoms with E-state index in [0.29, 0.717) is 17.5 Å². The highest BCUT2D eigenvalue weighted by atomic mass is 32.1. The van der Waals surface area contributed by atoms with Gasteiger partial charge in [-0.25, -0.2) is 19.9 Å². The molecule has 1 aliphatic rings. The third kappa shape index (κ3) is 4.42. The predicted molar refractivity (Wildman–Crippen MR) is 219 cm³/mol. The number of pyridine rings is 1. The van der Waals surface area contributed by atoms with Crippen molar-refractivity contribution in [1.82, 2.24) is 24.5 Å². The molecule has 0 saturated carbocycles. The van der Waals surface area contributed by atoms with Crippen LogP contribution in [0.5, 0.6) is 0 Å². The zero-order chi connectivity index (χ0) is 35.3. The molecule has 53 heavy (non-hydrogen) atoms. The molecule has 0 aliphatic heterocycles. The Hall–Kier alpha value is -6.50. The van der Waals surface area contributed by atoms with Gasteiger partial charge < -0.3 is 0 Å². The summed E-state index contributed by atoms with van der Waals surface area (Å²) in [5.41, 5.74) is 11.1. The van der Waals surface area contributed by atoms with Crippen LogP contribution < -0.4 is 0 Å². The molecular formula is C47H31N5S. The molecule has 4 heterocycles. The van der Waals surface area contributed by atoms with Crippen LogP contribution in [0.3, 0.4) is 0 Å². The van der Waals surface area contributed by atoms with E-state index in [1.807, 2.05) is 30.5 Å². The Morgan fingerprint density at radius 1 is 0.528 bits per heavy atom. The molecule has 0 spiro atoms. The molecule has 0 saturated heterocycles. The zero-order valence-corrected chi connectivity index (χ0v) is 29.9. The molecule has 1 aliphatic carbocycles. The van der Waals surface area contributed by atoms with Crippen LogP contribution in [0.15, 0.2) is 152 Å². The Balaban J connectivity index is 1.11. The van der Waals surface area contributed by atoms with E-state index in [0.717, 1.165) is 38.9 Å². The minimum absolute atomic E-state index is 0.207. The van der Waals surface area contributed by atoms with Crippen molar-refractivity contribution >= 4 is 53.4 Å². The summed E-state index contributed by atoms with van der Waals surface area (Å²) in [5, 5.41) is 4.79. The second kappa shape index (κ2) is 11.2. The van der Waals surface area contributed by atoms with Crippen LogP contribution in [-0.2, 0) is 5.41 Å². The molecule has 0 bridgehead atoms. The maximum atomic E-state index is 5.26. The highest BCUT2D eigenvalue weighted by Crippen LogP contribution is 2.52. The van der Waals surface area contributed by atoms with Crippen molar-refractivity contribution in [3.8, 4) is 51.0 Å². The van der Waals surface area contributed by atoms with Gasteiger partial charge in [-0.05, 0) is 52.6 Å². The largest absolute Gasteiger partial charge is 0.292 e. The molecule has 5 nitrogen and oxygen atoms in total. The third-order valence-electron chi connectivity index (χ3n) is 10.9. The molecule has 4 aromatic heterocycles. The van der Waals surface area contributed by atoms with Crippen molar-refractivity contribution < 1.29 is 0 Å². The SMILES string of the molecule is CC1(C)c2ccccc2-c2cccc(-c3nc(-c4ccccc4)nc(-c4ccc5c(c4)sc4c(-n6c7ccccc7c7cccnc76)cccc45)n3)c21. The Morgan fingerprint density at radius 3 is 2.13 bits per heavy atom. The highest BCUT2D eigenvalue weighted by molar-refractivity contribution is 7.26. The summed E-state index contributed by atoms with van der Waals surface area (Å²) in [6.45, 7) is 4.61. The van der Waals surface area contributed by atoms with Gasteiger partial charge in [-0.1, -0.05) is 129 Å². The van der Waals surface area contributed by atoms with E-state index in [9.17, 15) is 0 Å². The Kier molecular flexibility index (Phi) is 6.40. The van der Waals surface area contributed by atoms with Crippen molar-refractivity contribution in [1.29, 1.82) is 0 Å². The first kappa shape index (κ1) is 30.2. The van der Waals surface area contributed by atoms with Crippen LogP contribution in [0.25, 0.3) is 93.1 Å². The number of hydrogen-bond acceptors (Lipinski definition) is 5. The van der Waals surface area contributed by atoms with Gasteiger partial charge in [0, 0.05) is 54.5 Å². The van der Waals surface area contributed by atoms with Gasteiger partial charge in [-0.3, -0.25) is 4.57 Å². The summed E-state index contributed by atoms with van der Waals surface area (Å²) in [5.74, 6) is 2.00. The number of fused-ring (bicyclic) bond motifs is 9. The lowest BCUT2D eigenvalue weighted by Gasteiger charge is -2.24. The van der Waals surface area contributed by atoms with Crippen molar-refractivity contribution in [2.75, 3.05) is 0 Å². The Bertz CT molecular complexity index is 3050. The van der Waals surface area contributed by atoms with E-state index in [1.54, 1.807) is 11.3 Å². The molecule has 10 aromatic rings. The molecule has 0 N–H and O–H groups in total. The van der Waals surface area contributed by atoms with Crippen molar-refractivity contribution in [3.63, 3.8) is 0 Å². The normalized spacial score (nSPS) is 13.2. The van der Waals surface area contributed by atoms with Gasteiger partial charge in [0.25, 0.3) is 0 Å². The molecule has 0 radical (unpaired) electrons. The fraction of sp³-hybridized carbons (Fsp3) is 0.0638. The Morgan fingerprint density at radius 2 is 1.23 bits per heavy atom. The van der Waals surface area contributed by atoms with E-state index in [2.05, 4.69) is 140 Å². The first-order valence-corrected chi connectivity index (χ1v) is 18.7. The molecule has 0 amide bonds. The minimum Gasteiger partial charge on any atom is -0.292 e. The van der Waals surface area contributed by atoms with Crippen molar-refractivity contribution in [2.45, 2.75) is 19.3 Å². The van der Waals surface area contributed by atoms with Crippen LogP contribution >= 0.6 is 11.3 Å². The minimum atomic E-state index is -0.207. The lowest BCUT2D eigenvalue weighted by molar-refractivity contribution is 0.661. The fourth-order valence-corrected chi connectivity index (χ4v) is 9.76. The highest BCUT2D eigenvalue weighted by Gasteiger charge is 2.38. The third-order valence-corrected chi connectivity index (χ3v) is 12.1. The smallest absolute Gasteiger partial charge is 0.164 e. The topological polar surface area (TPSA) is 56.5 Å². The maximum Gasteiger partial charge on any atom is 0.164 e. The summed E-state index contributed by atoms with van der Waals surface area (Å²) in [6, 6.07) is 51.5. The quantitative estimate of drug-likeness (QED) is 0.184. The number of rotatable bonds is 4. The van der Waals surface area contributed by atoms with Gasteiger partial charge in [0.2, 0.25) is 0 Å². The number of benzene rings is 6. The first-order chi connectivity index (χ1) is 26.0. The standard InChI is InChI=1S/C47H31N5S/c1-47(2)37-21-8-6-15-30(37)33-17-10-19-36(41(33)47)45-50-43(28-13-4-3-5-14-28)49-44(51-45)29-24-25-32-34-18-11-23-39(42(34)53-40(32)27-29)52-38-22-9-7-16-31(38)35-20-12-26-48-46(35)52/h3-27H,1-2H3. The average molecular weight is 698 g/mol. The molecule has 0 atom stereocenters. The van der Waals surface area contributed by atoms with Gasteiger partial charge in [0.05, 0.1) is 15.9 Å². The van der Waals surface area contributed by atoms with Crippen LogP contribution in [0.4, 0.5) is 0 Å². The maximum absolute atomic E-state index is 5.26. The number of nitrogens with zero attached hydrogens (tertiary/aromatic N) is 5. The van der Waals surface area contributed by atoms with Gasteiger partial charge in [-0.2, -0.15) is 0 Å². The van der Waals surface area contributed by atoms with Crippen molar-refractivity contribution in [2.24, 2.45) is 0 Å². The van der Waals surface area contributed by atoms with E-state index in [-0.39, 0.29) is 5.41 Å². The molecule has 0 unspecified atom stereocenters. The Labute approximate surface area is 309 Å². The van der Waals surface area contributed by atoms with Gasteiger partial charge in [0.1, 0.15) is 5.65 Å². The summed E-state index contributed by atoms with van der Waals surface area (Å²) in [6.07, 6.45) is 1.88. The molecule has 0 fully saturated rings. The van der Waals surface area contributed by atoms with E-state index >= 15 is 0 Å². The van der Waals surface area contributed by atoms with Crippen LogP contribution in [0.1, 0.15) is 25.0 Å². The lowest BCUT2D eigenvalue weighted by Crippen LogP contribution is -2.17. The van der Waals surface area contributed by atoms with E-state index in [4.69, 9.17) is 19.9 Å².